The molecule has 36 heavy (non-hydrogen) atoms. The molecule has 190 valence electrons. The number of nitrogens with zero attached hydrogens (tertiary/aromatic N) is 1. The van der Waals surface area contributed by atoms with Gasteiger partial charge >= 0.3 is 6.09 Å². The first-order valence-electron chi connectivity index (χ1n) is 12.2. The van der Waals surface area contributed by atoms with E-state index in [1.807, 2.05) is 62.4 Å². The molecule has 6 nitrogen and oxygen atoms in total. The van der Waals surface area contributed by atoms with Crippen LogP contribution in [-0.4, -0.2) is 26.3 Å². The van der Waals surface area contributed by atoms with E-state index in [0.29, 0.717) is 18.1 Å². The number of benzene rings is 3. The molecule has 1 amide bonds. The summed E-state index contributed by atoms with van der Waals surface area (Å²) < 4.78 is 17.2. The number of carbonyl (C=O) groups is 1. The van der Waals surface area contributed by atoms with Crippen molar-refractivity contribution in [1.29, 1.82) is 0 Å². The quantitative estimate of drug-likeness (QED) is 0.305. The molecule has 1 unspecified atom stereocenters. The number of aryl methyl sites for hydroxylation is 1. The van der Waals surface area contributed by atoms with E-state index in [1.54, 1.807) is 19.3 Å². The summed E-state index contributed by atoms with van der Waals surface area (Å²) in [4.78, 5) is 15.0. The van der Waals surface area contributed by atoms with Gasteiger partial charge in [0.05, 0.1) is 7.11 Å². The molecule has 1 N–H and O–H groups in total. The van der Waals surface area contributed by atoms with Gasteiger partial charge in [0.25, 0.3) is 0 Å². The van der Waals surface area contributed by atoms with Gasteiger partial charge in [0.2, 0.25) is 0 Å². The molecule has 0 fully saturated rings. The van der Waals surface area contributed by atoms with Gasteiger partial charge in [0.1, 0.15) is 24.2 Å². The Morgan fingerprint density at radius 3 is 2.39 bits per heavy atom. The third-order valence-electron chi connectivity index (χ3n) is 6.13. The van der Waals surface area contributed by atoms with Crippen molar-refractivity contribution in [3.05, 3.63) is 89.5 Å². The molecule has 0 heterocycles. The van der Waals surface area contributed by atoms with E-state index in [0.717, 1.165) is 46.7 Å². The lowest BCUT2D eigenvalue weighted by Crippen LogP contribution is -2.22. The zero-order valence-electron chi connectivity index (χ0n) is 21.8. The molecule has 3 aromatic rings. The van der Waals surface area contributed by atoms with Crippen LogP contribution in [0.2, 0.25) is 0 Å². The Morgan fingerprint density at radius 2 is 1.78 bits per heavy atom. The minimum atomic E-state index is -0.538. The molecular weight excluding hydrogens is 452 g/mol. The van der Waals surface area contributed by atoms with Crippen LogP contribution in [0, 0.1) is 6.92 Å². The predicted octanol–water partition coefficient (Wildman–Crippen LogP) is 7.38. The van der Waals surface area contributed by atoms with E-state index in [4.69, 9.17) is 14.2 Å². The molecular formula is C30H36N2O4. The van der Waals surface area contributed by atoms with E-state index < -0.39 is 12.2 Å². The number of methoxy groups -OCH3 is 1. The molecule has 0 aliphatic heterocycles. The van der Waals surface area contributed by atoms with Crippen LogP contribution in [0.3, 0.4) is 0 Å². The van der Waals surface area contributed by atoms with Gasteiger partial charge in [-0.25, -0.2) is 4.79 Å². The van der Waals surface area contributed by atoms with Gasteiger partial charge in [-0.2, -0.15) is 0 Å². The lowest BCUT2D eigenvalue weighted by atomic mass is 10.1. The number of hydrogen-bond acceptors (Lipinski definition) is 5. The van der Waals surface area contributed by atoms with Gasteiger partial charge in [-0.05, 0) is 74.7 Å². The maximum atomic E-state index is 12.7. The molecule has 6 heteroatoms. The van der Waals surface area contributed by atoms with E-state index in [-0.39, 0.29) is 0 Å². The average Bonchev–Trinajstić information content (AvgIpc) is 2.89. The summed E-state index contributed by atoms with van der Waals surface area (Å²) in [7, 11) is 1.61. The fourth-order valence-electron chi connectivity index (χ4n) is 3.95. The molecule has 1 atom stereocenters. The Kier molecular flexibility index (Phi) is 9.39. The van der Waals surface area contributed by atoms with Gasteiger partial charge in [0, 0.05) is 36.1 Å². The van der Waals surface area contributed by atoms with Crippen LogP contribution in [0.4, 0.5) is 16.2 Å². The van der Waals surface area contributed by atoms with Crippen molar-refractivity contribution in [1.82, 2.24) is 0 Å². The SMILES string of the molecule is C=Cc1ccc(COc2cc(OC)ccc2C(C)OC(=O)Nc2ccc(N(CC)CC)cc2C)cc1. The van der Waals surface area contributed by atoms with Gasteiger partial charge in [-0.1, -0.05) is 36.9 Å². The van der Waals surface area contributed by atoms with Gasteiger partial charge in [-0.15, -0.1) is 0 Å². The number of anilines is 2. The topological polar surface area (TPSA) is 60.0 Å². The normalized spacial score (nSPS) is 11.4. The maximum Gasteiger partial charge on any atom is 0.412 e. The second-order valence-corrected chi connectivity index (χ2v) is 8.48. The Bertz CT molecular complexity index is 1170. The van der Waals surface area contributed by atoms with Crippen molar-refractivity contribution in [3.8, 4) is 11.5 Å². The van der Waals surface area contributed by atoms with E-state index in [1.165, 1.54) is 0 Å². The number of rotatable bonds is 11. The highest BCUT2D eigenvalue weighted by atomic mass is 16.6. The van der Waals surface area contributed by atoms with Crippen molar-refractivity contribution in [3.63, 3.8) is 0 Å². The Labute approximate surface area is 214 Å². The fraction of sp³-hybridized carbons (Fsp3) is 0.300. The summed E-state index contributed by atoms with van der Waals surface area (Å²) in [5.41, 5.74) is 5.64. The van der Waals surface area contributed by atoms with Crippen molar-refractivity contribution in [2.45, 2.75) is 40.4 Å². The zero-order chi connectivity index (χ0) is 26.1. The maximum absolute atomic E-state index is 12.7. The summed E-state index contributed by atoms with van der Waals surface area (Å²) >= 11 is 0. The molecule has 3 rings (SSSR count). The molecule has 0 radical (unpaired) electrons. The van der Waals surface area contributed by atoms with Crippen molar-refractivity contribution >= 4 is 23.5 Å². The first-order chi connectivity index (χ1) is 17.4. The highest BCUT2D eigenvalue weighted by Gasteiger charge is 2.18. The summed E-state index contributed by atoms with van der Waals surface area (Å²) in [6, 6.07) is 19.5. The van der Waals surface area contributed by atoms with Crippen molar-refractivity contribution in [2.24, 2.45) is 0 Å². The summed E-state index contributed by atoms with van der Waals surface area (Å²) in [5.74, 6) is 1.26. The second-order valence-electron chi connectivity index (χ2n) is 8.48. The Hall–Kier alpha value is -3.93. The monoisotopic (exact) mass is 488 g/mol. The van der Waals surface area contributed by atoms with Gasteiger partial charge in [-0.3, -0.25) is 5.32 Å². The molecule has 0 aliphatic rings. The summed E-state index contributed by atoms with van der Waals surface area (Å²) in [5, 5.41) is 2.87. The highest BCUT2D eigenvalue weighted by Crippen LogP contribution is 2.32. The minimum absolute atomic E-state index is 0.370. The number of carbonyl (C=O) groups excluding carboxylic acids is 1. The number of hydrogen-bond donors (Lipinski definition) is 1. The van der Waals surface area contributed by atoms with E-state index >= 15 is 0 Å². The van der Waals surface area contributed by atoms with E-state index in [2.05, 4.69) is 36.7 Å². The second kappa shape index (κ2) is 12.7. The van der Waals surface area contributed by atoms with Crippen LogP contribution >= 0.6 is 0 Å². The van der Waals surface area contributed by atoms with Crippen LogP contribution in [0.15, 0.2) is 67.2 Å². The first-order valence-corrected chi connectivity index (χ1v) is 12.2. The fourth-order valence-corrected chi connectivity index (χ4v) is 3.95. The first kappa shape index (κ1) is 26.7. The van der Waals surface area contributed by atoms with Crippen LogP contribution in [-0.2, 0) is 11.3 Å². The Morgan fingerprint density at radius 1 is 1.06 bits per heavy atom. The Balaban J connectivity index is 1.70. The lowest BCUT2D eigenvalue weighted by Gasteiger charge is -2.22. The van der Waals surface area contributed by atoms with Gasteiger partial charge < -0.3 is 19.1 Å². The third kappa shape index (κ3) is 6.81. The molecule has 0 aromatic heterocycles. The predicted molar refractivity (Wildman–Crippen MR) is 147 cm³/mol. The molecule has 0 aliphatic carbocycles. The molecule has 0 bridgehead atoms. The summed E-state index contributed by atoms with van der Waals surface area (Å²) in [6.07, 6.45) is 0.739. The largest absolute Gasteiger partial charge is 0.497 e. The van der Waals surface area contributed by atoms with Crippen molar-refractivity contribution in [2.75, 3.05) is 30.4 Å². The van der Waals surface area contributed by atoms with Crippen LogP contribution in [0.5, 0.6) is 11.5 Å². The standard InChI is InChI=1S/C30H36N2O4/c1-7-23-10-12-24(13-11-23)20-35-29-19-26(34-6)15-16-27(29)22(5)36-30(33)31-28-17-14-25(18-21(28)4)32(8-2)9-3/h7,10-19,22H,1,8-9,20H2,2-6H3,(H,31,33). The molecule has 3 aromatic carbocycles. The van der Waals surface area contributed by atoms with Gasteiger partial charge in [0.15, 0.2) is 0 Å². The number of nitrogens with one attached hydrogen (secondary N) is 1. The minimum Gasteiger partial charge on any atom is -0.497 e. The highest BCUT2D eigenvalue weighted by molar-refractivity contribution is 5.86. The molecule has 0 spiro atoms. The van der Waals surface area contributed by atoms with Crippen LogP contribution in [0.25, 0.3) is 6.08 Å². The van der Waals surface area contributed by atoms with Crippen molar-refractivity contribution < 1.29 is 19.0 Å². The smallest absolute Gasteiger partial charge is 0.412 e. The van der Waals surface area contributed by atoms with Crippen LogP contribution < -0.4 is 19.7 Å². The molecule has 0 saturated carbocycles. The number of ether oxygens (including phenoxy) is 3. The lowest BCUT2D eigenvalue weighted by molar-refractivity contribution is 0.118. The molecule has 0 saturated heterocycles. The third-order valence-corrected chi connectivity index (χ3v) is 6.13. The zero-order valence-corrected chi connectivity index (χ0v) is 21.8. The number of amides is 1. The van der Waals surface area contributed by atoms with E-state index in [9.17, 15) is 4.79 Å². The summed E-state index contributed by atoms with van der Waals surface area (Å²) in [6.45, 7) is 14.1. The average molecular weight is 489 g/mol. The van der Waals surface area contributed by atoms with Crippen LogP contribution in [0.1, 0.15) is 49.1 Å².